The first-order valence-corrected chi connectivity index (χ1v) is 6.35. The number of hydrogen-bond acceptors (Lipinski definition) is 3. The van der Waals surface area contributed by atoms with Crippen molar-refractivity contribution in [2.45, 2.75) is 31.8 Å². The molecule has 3 nitrogen and oxygen atoms in total. The Morgan fingerprint density at radius 2 is 1.82 bits per heavy atom. The van der Waals surface area contributed by atoms with E-state index in [9.17, 15) is 0 Å². The van der Waals surface area contributed by atoms with Crippen molar-refractivity contribution in [2.24, 2.45) is 11.8 Å². The number of ether oxygens (including phenoxy) is 1. The molecule has 4 heteroatoms. The predicted octanol–water partition coefficient (Wildman–Crippen LogP) is 0.934. The summed E-state index contributed by atoms with van der Waals surface area (Å²) in [5.74, 6) is 2.46. The van der Waals surface area contributed by atoms with Crippen molar-refractivity contribution in [3.63, 3.8) is 0 Å². The molecule has 0 aliphatic heterocycles. The first-order valence-electron chi connectivity index (χ1n) is 6.35. The highest BCUT2D eigenvalue weighted by atomic mass is 16.5. The van der Waals surface area contributed by atoms with Crippen LogP contribution in [-0.4, -0.2) is 23.3 Å². The van der Waals surface area contributed by atoms with E-state index in [2.05, 4.69) is 0 Å². The number of benzene rings is 1. The van der Waals surface area contributed by atoms with Gasteiger partial charge in [-0.3, -0.25) is 0 Å². The molecule has 0 aromatic heterocycles. The van der Waals surface area contributed by atoms with Crippen LogP contribution in [0.2, 0.25) is 0 Å². The molecule has 0 heterocycles. The van der Waals surface area contributed by atoms with Crippen molar-refractivity contribution in [3.05, 3.63) is 24.3 Å². The van der Waals surface area contributed by atoms with Crippen molar-refractivity contribution in [1.82, 2.24) is 0 Å². The Morgan fingerprint density at radius 1 is 1.06 bits per heavy atom. The lowest BCUT2D eigenvalue weighted by Gasteiger charge is -2.23. The number of rotatable bonds is 3. The van der Waals surface area contributed by atoms with Crippen LogP contribution in [0.3, 0.4) is 0 Å². The molecule has 0 spiro atoms. The largest absolute Gasteiger partial charge is 0.490 e. The summed E-state index contributed by atoms with van der Waals surface area (Å²) in [5.41, 5.74) is 0.505. The van der Waals surface area contributed by atoms with Crippen LogP contribution in [0.4, 0.5) is 0 Å². The molecular formula is C13H17BO3. The van der Waals surface area contributed by atoms with Crippen molar-refractivity contribution >= 4 is 12.6 Å². The van der Waals surface area contributed by atoms with E-state index in [-0.39, 0.29) is 0 Å². The zero-order valence-electron chi connectivity index (χ0n) is 9.75. The second kappa shape index (κ2) is 4.35. The molecule has 0 radical (unpaired) electrons. The molecule has 3 unspecified atom stereocenters. The van der Waals surface area contributed by atoms with Gasteiger partial charge in [0.25, 0.3) is 0 Å². The van der Waals surface area contributed by atoms with Gasteiger partial charge in [-0.25, -0.2) is 0 Å². The van der Waals surface area contributed by atoms with Crippen LogP contribution in [0.5, 0.6) is 5.75 Å². The van der Waals surface area contributed by atoms with E-state index >= 15 is 0 Å². The van der Waals surface area contributed by atoms with Crippen LogP contribution < -0.4 is 10.2 Å². The third kappa shape index (κ3) is 2.19. The Hall–Kier alpha value is -0.995. The summed E-state index contributed by atoms with van der Waals surface area (Å²) in [6.45, 7) is 0. The molecule has 2 aliphatic rings. The third-order valence-corrected chi connectivity index (χ3v) is 4.14. The summed E-state index contributed by atoms with van der Waals surface area (Å²) in [7, 11) is -1.40. The van der Waals surface area contributed by atoms with Crippen molar-refractivity contribution < 1.29 is 14.8 Å². The van der Waals surface area contributed by atoms with Crippen LogP contribution >= 0.6 is 0 Å². The minimum absolute atomic E-state index is 0.374. The molecule has 2 fully saturated rings. The fourth-order valence-electron chi connectivity index (χ4n) is 3.22. The summed E-state index contributed by atoms with van der Waals surface area (Å²) >= 11 is 0. The van der Waals surface area contributed by atoms with E-state index in [1.54, 1.807) is 12.1 Å². The van der Waals surface area contributed by atoms with E-state index < -0.39 is 7.12 Å². The molecule has 1 aromatic carbocycles. The summed E-state index contributed by atoms with van der Waals surface area (Å²) in [6.07, 6.45) is 5.58. The molecule has 3 rings (SSSR count). The van der Waals surface area contributed by atoms with Gasteiger partial charge >= 0.3 is 7.12 Å². The standard InChI is InChI=1S/C13H17BO3/c15-14(16)11-3-5-12(6-4-11)17-13-8-9-1-2-10(13)7-9/h3-6,9-10,13,15-16H,1-2,7-8H2. The molecule has 1 aromatic rings. The van der Waals surface area contributed by atoms with Gasteiger partial charge in [0, 0.05) is 0 Å². The molecule has 2 aliphatic carbocycles. The fraction of sp³-hybridized carbons (Fsp3) is 0.538. The lowest BCUT2D eigenvalue weighted by molar-refractivity contribution is 0.138. The van der Waals surface area contributed by atoms with Crippen molar-refractivity contribution in [2.75, 3.05) is 0 Å². The molecule has 0 amide bonds. The van der Waals surface area contributed by atoms with E-state index in [0.717, 1.165) is 17.6 Å². The number of fused-ring (bicyclic) bond motifs is 2. The Morgan fingerprint density at radius 3 is 2.35 bits per heavy atom. The maximum Gasteiger partial charge on any atom is 0.488 e. The molecule has 2 bridgehead atoms. The number of hydrogen-bond donors (Lipinski definition) is 2. The lowest BCUT2D eigenvalue weighted by Crippen LogP contribution is -2.29. The van der Waals surface area contributed by atoms with Crippen LogP contribution in [0.1, 0.15) is 25.7 Å². The van der Waals surface area contributed by atoms with Crippen LogP contribution in [-0.2, 0) is 0 Å². The normalized spacial score (nSPS) is 30.6. The molecule has 0 saturated heterocycles. The van der Waals surface area contributed by atoms with Gasteiger partial charge in [0.2, 0.25) is 0 Å². The van der Waals surface area contributed by atoms with Gasteiger partial charge < -0.3 is 14.8 Å². The fourth-order valence-corrected chi connectivity index (χ4v) is 3.22. The van der Waals surface area contributed by atoms with Crippen LogP contribution in [0.25, 0.3) is 0 Å². The maximum atomic E-state index is 9.00. The molecule has 2 N–H and O–H groups in total. The van der Waals surface area contributed by atoms with Gasteiger partial charge in [-0.05, 0) is 55.1 Å². The SMILES string of the molecule is OB(O)c1ccc(OC2CC3CCC2C3)cc1. The Labute approximate surface area is 102 Å². The van der Waals surface area contributed by atoms with Crippen molar-refractivity contribution in [3.8, 4) is 5.75 Å². The molecular weight excluding hydrogens is 215 g/mol. The molecule has 90 valence electrons. The predicted molar refractivity (Wildman–Crippen MR) is 66.1 cm³/mol. The van der Waals surface area contributed by atoms with Gasteiger partial charge in [-0.2, -0.15) is 0 Å². The van der Waals surface area contributed by atoms with Crippen LogP contribution in [0, 0.1) is 11.8 Å². The highest BCUT2D eigenvalue weighted by molar-refractivity contribution is 6.58. The first-order chi connectivity index (χ1) is 8.22. The minimum atomic E-state index is -1.40. The van der Waals surface area contributed by atoms with E-state index in [4.69, 9.17) is 14.8 Å². The van der Waals surface area contributed by atoms with Crippen molar-refractivity contribution in [1.29, 1.82) is 0 Å². The third-order valence-electron chi connectivity index (χ3n) is 4.14. The summed E-state index contributed by atoms with van der Waals surface area (Å²) in [4.78, 5) is 0. The Bertz CT molecular complexity index is 390. The summed E-state index contributed by atoms with van der Waals surface area (Å²) < 4.78 is 5.98. The molecule has 2 saturated carbocycles. The quantitative estimate of drug-likeness (QED) is 0.762. The molecule has 17 heavy (non-hydrogen) atoms. The lowest BCUT2D eigenvalue weighted by atomic mass is 9.80. The summed E-state index contributed by atoms with van der Waals surface area (Å²) in [6, 6.07) is 7.04. The van der Waals surface area contributed by atoms with E-state index in [1.165, 1.54) is 25.7 Å². The zero-order valence-corrected chi connectivity index (χ0v) is 9.75. The Kier molecular flexibility index (Phi) is 2.85. The average Bonchev–Trinajstić information content (AvgIpc) is 2.91. The van der Waals surface area contributed by atoms with Gasteiger partial charge in [-0.15, -0.1) is 0 Å². The monoisotopic (exact) mass is 232 g/mol. The summed E-state index contributed by atoms with van der Waals surface area (Å²) in [5, 5.41) is 18.0. The second-order valence-electron chi connectivity index (χ2n) is 5.27. The highest BCUT2D eigenvalue weighted by Gasteiger charge is 2.40. The maximum absolute atomic E-state index is 9.00. The first kappa shape index (κ1) is 11.1. The topological polar surface area (TPSA) is 49.7 Å². The van der Waals surface area contributed by atoms with Gasteiger partial charge in [-0.1, -0.05) is 12.1 Å². The minimum Gasteiger partial charge on any atom is -0.490 e. The molecule has 3 atom stereocenters. The highest BCUT2D eigenvalue weighted by Crippen LogP contribution is 2.45. The zero-order chi connectivity index (χ0) is 11.8. The van der Waals surface area contributed by atoms with Gasteiger partial charge in [0.05, 0.1) is 0 Å². The van der Waals surface area contributed by atoms with Crippen LogP contribution in [0.15, 0.2) is 24.3 Å². The average molecular weight is 232 g/mol. The second-order valence-corrected chi connectivity index (χ2v) is 5.27. The van der Waals surface area contributed by atoms with Gasteiger partial charge in [0.15, 0.2) is 0 Å². The smallest absolute Gasteiger partial charge is 0.488 e. The van der Waals surface area contributed by atoms with Gasteiger partial charge in [0.1, 0.15) is 11.9 Å². The van der Waals surface area contributed by atoms with E-state index in [0.29, 0.717) is 11.6 Å². The van der Waals surface area contributed by atoms with E-state index in [1.807, 2.05) is 12.1 Å². The Balaban J connectivity index is 1.65.